The van der Waals surface area contributed by atoms with Gasteiger partial charge in [-0.05, 0) is 46.5 Å². The molecule has 0 saturated carbocycles. The van der Waals surface area contributed by atoms with Crippen molar-refractivity contribution in [2.24, 2.45) is 17.8 Å². The molecule has 168 valence electrons. The van der Waals surface area contributed by atoms with Gasteiger partial charge in [-0.1, -0.05) is 25.3 Å². The fourth-order valence-electron chi connectivity index (χ4n) is 3.92. The van der Waals surface area contributed by atoms with E-state index < -0.39 is 35.7 Å². The smallest absolute Gasteiger partial charge is 0.311 e. The minimum absolute atomic E-state index is 0.213. The summed E-state index contributed by atoms with van der Waals surface area (Å²) in [7, 11) is 0. The van der Waals surface area contributed by atoms with Gasteiger partial charge in [0.2, 0.25) is 0 Å². The van der Waals surface area contributed by atoms with Crippen LogP contribution in [0.5, 0.6) is 0 Å². The van der Waals surface area contributed by atoms with E-state index in [4.69, 9.17) is 0 Å². The van der Waals surface area contributed by atoms with Gasteiger partial charge in [0.25, 0.3) is 0 Å². The fourth-order valence-corrected chi connectivity index (χ4v) is 3.92. The summed E-state index contributed by atoms with van der Waals surface area (Å²) >= 11 is 0. The molecule has 0 aromatic carbocycles. The highest BCUT2D eigenvalue weighted by Crippen LogP contribution is 2.22. The summed E-state index contributed by atoms with van der Waals surface area (Å²) in [6, 6.07) is 0. The van der Waals surface area contributed by atoms with E-state index in [0.29, 0.717) is 6.54 Å². The van der Waals surface area contributed by atoms with E-state index in [2.05, 4.69) is 6.58 Å². The van der Waals surface area contributed by atoms with Gasteiger partial charge in [-0.2, -0.15) is 0 Å². The second kappa shape index (κ2) is 14.1. The molecule has 0 bridgehead atoms. The Morgan fingerprint density at radius 1 is 0.724 bits per heavy atom. The Labute approximate surface area is 175 Å². The molecule has 0 fully saturated rings. The Kier molecular flexibility index (Phi) is 13.2. The highest BCUT2D eigenvalue weighted by molar-refractivity contribution is 5.70. The van der Waals surface area contributed by atoms with Crippen LogP contribution in [0.15, 0.2) is 12.7 Å². The van der Waals surface area contributed by atoms with Crippen molar-refractivity contribution in [3.63, 3.8) is 0 Å². The minimum atomic E-state index is -0.944. The molecular formula is C22H40NO6+. The van der Waals surface area contributed by atoms with Gasteiger partial charge in [0, 0.05) is 0 Å². The highest BCUT2D eigenvalue weighted by atomic mass is 16.4. The number of hydrogen-bond donors (Lipinski definition) is 3. The van der Waals surface area contributed by atoms with E-state index >= 15 is 0 Å². The number of aliphatic carboxylic acids is 3. The third kappa shape index (κ3) is 11.6. The molecule has 0 spiro atoms. The van der Waals surface area contributed by atoms with Crippen LogP contribution in [0.25, 0.3) is 0 Å². The fraction of sp³-hybridized carbons (Fsp3) is 0.773. The van der Waals surface area contributed by atoms with E-state index in [1.165, 1.54) is 0 Å². The molecule has 0 aliphatic carbocycles. The van der Waals surface area contributed by atoms with Crippen LogP contribution in [0.1, 0.15) is 65.7 Å². The molecule has 3 unspecified atom stereocenters. The third-order valence-electron chi connectivity index (χ3n) is 5.54. The van der Waals surface area contributed by atoms with E-state index in [0.717, 1.165) is 44.9 Å². The van der Waals surface area contributed by atoms with Crippen molar-refractivity contribution >= 4 is 17.9 Å². The van der Waals surface area contributed by atoms with Crippen LogP contribution in [0.4, 0.5) is 0 Å². The summed E-state index contributed by atoms with van der Waals surface area (Å²) in [6.07, 6.45) is 9.20. The van der Waals surface area contributed by atoms with Crippen molar-refractivity contribution in [3.05, 3.63) is 12.7 Å². The SMILES string of the molecule is C=CCCCCCCCC[N+](CC(C)C(=O)O)(CC(C)C(=O)O)CC(C)C(=O)O. The lowest BCUT2D eigenvalue weighted by Gasteiger charge is -2.42. The molecule has 29 heavy (non-hydrogen) atoms. The van der Waals surface area contributed by atoms with E-state index in [-0.39, 0.29) is 24.1 Å². The number of unbranched alkanes of at least 4 members (excludes halogenated alkanes) is 6. The molecular weight excluding hydrogens is 374 g/mol. The second-order valence-corrected chi connectivity index (χ2v) is 8.53. The molecule has 0 aliphatic heterocycles. The van der Waals surface area contributed by atoms with Gasteiger partial charge in [0.1, 0.15) is 17.8 Å². The number of carbonyl (C=O) groups is 3. The van der Waals surface area contributed by atoms with E-state index in [9.17, 15) is 29.7 Å². The summed E-state index contributed by atoms with van der Waals surface area (Å²) in [4.78, 5) is 34.4. The van der Waals surface area contributed by atoms with Crippen LogP contribution >= 0.6 is 0 Å². The molecule has 0 rings (SSSR count). The number of quaternary nitrogens is 1. The summed E-state index contributed by atoms with van der Waals surface area (Å²) in [6.45, 7) is 9.84. The lowest BCUT2D eigenvalue weighted by Crippen LogP contribution is -2.57. The van der Waals surface area contributed by atoms with Gasteiger partial charge in [-0.3, -0.25) is 14.4 Å². The van der Waals surface area contributed by atoms with Crippen LogP contribution < -0.4 is 0 Å². The van der Waals surface area contributed by atoms with Crippen molar-refractivity contribution in [1.82, 2.24) is 0 Å². The van der Waals surface area contributed by atoms with Crippen LogP contribution in [0, 0.1) is 17.8 Å². The third-order valence-corrected chi connectivity index (χ3v) is 5.54. The zero-order chi connectivity index (χ0) is 22.4. The number of carboxylic acid groups (broad SMARTS) is 3. The Hall–Kier alpha value is -1.89. The van der Waals surface area contributed by atoms with Crippen molar-refractivity contribution in [1.29, 1.82) is 0 Å². The van der Waals surface area contributed by atoms with Crippen LogP contribution in [0.3, 0.4) is 0 Å². The summed E-state index contributed by atoms with van der Waals surface area (Å²) in [5.41, 5.74) is 0. The number of allylic oxidation sites excluding steroid dienone is 1. The maximum absolute atomic E-state index is 11.5. The zero-order valence-corrected chi connectivity index (χ0v) is 18.3. The average Bonchev–Trinajstić information content (AvgIpc) is 2.63. The molecule has 0 amide bonds. The molecule has 7 nitrogen and oxygen atoms in total. The quantitative estimate of drug-likeness (QED) is 0.178. The van der Waals surface area contributed by atoms with Gasteiger partial charge >= 0.3 is 17.9 Å². The molecule has 3 atom stereocenters. The molecule has 3 N–H and O–H groups in total. The molecule has 0 aliphatic rings. The average molecular weight is 415 g/mol. The molecule has 0 heterocycles. The first kappa shape index (κ1) is 27.1. The number of hydrogen-bond acceptors (Lipinski definition) is 3. The van der Waals surface area contributed by atoms with Gasteiger partial charge in [0.15, 0.2) is 0 Å². The van der Waals surface area contributed by atoms with Crippen molar-refractivity contribution in [2.75, 3.05) is 26.2 Å². The Balaban J connectivity index is 5.20. The first-order chi connectivity index (χ1) is 13.5. The maximum Gasteiger partial charge on any atom is 0.311 e. The minimum Gasteiger partial charge on any atom is -0.481 e. The lowest BCUT2D eigenvalue weighted by molar-refractivity contribution is -0.934. The number of nitrogens with zero attached hydrogens (tertiary/aromatic N) is 1. The zero-order valence-electron chi connectivity index (χ0n) is 18.3. The molecule has 0 aromatic rings. The molecule has 0 radical (unpaired) electrons. The van der Waals surface area contributed by atoms with E-state index in [1.54, 1.807) is 20.8 Å². The normalized spacial score (nSPS) is 16.4. The van der Waals surface area contributed by atoms with Crippen LogP contribution in [0.2, 0.25) is 0 Å². The highest BCUT2D eigenvalue weighted by Gasteiger charge is 2.38. The summed E-state index contributed by atoms with van der Waals surface area (Å²) in [5, 5.41) is 28.2. The van der Waals surface area contributed by atoms with Gasteiger partial charge in [-0.25, -0.2) is 0 Å². The molecule has 0 aromatic heterocycles. The first-order valence-corrected chi connectivity index (χ1v) is 10.7. The second-order valence-electron chi connectivity index (χ2n) is 8.53. The predicted octanol–water partition coefficient (Wildman–Crippen LogP) is 3.88. The van der Waals surface area contributed by atoms with Crippen LogP contribution in [-0.4, -0.2) is 63.9 Å². The first-order valence-electron chi connectivity index (χ1n) is 10.7. The van der Waals surface area contributed by atoms with Crippen molar-refractivity contribution in [2.45, 2.75) is 65.7 Å². The van der Waals surface area contributed by atoms with Crippen LogP contribution in [-0.2, 0) is 14.4 Å². The standard InChI is InChI=1S/C22H39NO6/c1-5-6-7-8-9-10-11-12-13-23(14-17(2)20(24)25,15-18(3)21(26)27)16-19(4)22(28)29/h5,17-19H,1,6-16H2,2-4H3,(H2-,24,25,26,27,28,29)/p+1. The Morgan fingerprint density at radius 3 is 1.41 bits per heavy atom. The maximum atomic E-state index is 11.5. The van der Waals surface area contributed by atoms with Gasteiger partial charge < -0.3 is 19.8 Å². The van der Waals surface area contributed by atoms with Gasteiger partial charge in [-0.15, -0.1) is 6.58 Å². The molecule has 0 saturated heterocycles. The van der Waals surface area contributed by atoms with Gasteiger partial charge in [0.05, 0.1) is 26.2 Å². The predicted molar refractivity (Wildman–Crippen MR) is 113 cm³/mol. The van der Waals surface area contributed by atoms with Crippen molar-refractivity contribution in [3.8, 4) is 0 Å². The Morgan fingerprint density at radius 2 is 1.07 bits per heavy atom. The Bertz CT molecular complexity index is 478. The number of carboxylic acids is 3. The lowest BCUT2D eigenvalue weighted by atomic mass is 10.0. The number of rotatable bonds is 18. The summed E-state index contributed by atoms with van der Waals surface area (Å²) < 4.78 is 0.213. The molecule has 7 heteroatoms. The topological polar surface area (TPSA) is 112 Å². The summed E-state index contributed by atoms with van der Waals surface area (Å²) in [5.74, 6) is -4.84. The largest absolute Gasteiger partial charge is 0.481 e. The monoisotopic (exact) mass is 414 g/mol. The van der Waals surface area contributed by atoms with Crippen molar-refractivity contribution < 1.29 is 34.2 Å². The van der Waals surface area contributed by atoms with E-state index in [1.807, 2.05) is 6.08 Å².